The molecule has 114 valence electrons. The van der Waals surface area contributed by atoms with E-state index in [1.54, 1.807) is 0 Å². The number of nitrogen functional groups attached to an aromatic ring is 1. The number of hydrogen-bond donors (Lipinski definition) is 2. The number of nitrogens with one attached hydrogen (secondary N) is 1. The molecule has 0 saturated carbocycles. The van der Waals surface area contributed by atoms with E-state index in [0.717, 1.165) is 6.07 Å². The van der Waals surface area contributed by atoms with Gasteiger partial charge in [0.2, 0.25) is 10.0 Å². The second kappa shape index (κ2) is 6.24. The average Bonchev–Trinajstić information content (AvgIpc) is 2.34. The Balaban J connectivity index is 3.30. The van der Waals surface area contributed by atoms with Crippen molar-refractivity contribution in [3.8, 4) is 0 Å². The molecule has 1 aromatic rings. The predicted molar refractivity (Wildman–Crippen MR) is 70.2 cm³/mol. The van der Waals surface area contributed by atoms with Crippen LogP contribution in [0.2, 0.25) is 0 Å². The van der Waals surface area contributed by atoms with Crippen molar-refractivity contribution in [2.24, 2.45) is 5.84 Å². The monoisotopic (exact) mass is 376 g/mol. The van der Waals surface area contributed by atoms with Crippen LogP contribution in [-0.2, 0) is 10.0 Å². The number of nitrogens with zero attached hydrogens (tertiary/aromatic N) is 2. The van der Waals surface area contributed by atoms with Crippen LogP contribution in [0, 0.1) is 0 Å². The van der Waals surface area contributed by atoms with Gasteiger partial charge in [0.25, 0.3) is 0 Å². The minimum atomic E-state index is -4.64. The number of aromatic nitrogens is 1. The van der Waals surface area contributed by atoms with Crippen molar-refractivity contribution in [3.05, 3.63) is 16.7 Å². The fourth-order valence-electron chi connectivity index (χ4n) is 1.43. The van der Waals surface area contributed by atoms with Crippen LogP contribution in [0.15, 0.2) is 21.6 Å². The Kier molecular flexibility index (Phi) is 5.35. The van der Waals surface area contributed by atoms with Gasteiger partial charge in [-0.1, -0.05) is 6.92 Å². The fraction of sp³-hybridized carbons (Fsp3) is 0.444. The third-order valence-electron chi connectivity index (χ3n) is 2.28. The number of sulfonamides is 1. The van der Waals surface area contributed by atoms with Gasteiger partial charge in [-0.2, -0.15) is 17.5 Å². The molecular weight excluding hydrogens is 365 g/mol. The van der Waals surface area contributed by atoms with E-state index in [1.165, 1.54) is 13.1 Å². The summed E-state index contributed by atoms with van der Waals surface area (Å²) in [5.41, 5.74) is 2.05. The quantitative estimate of drug-likeness (QED) is 0.603. The zero-order chi connectivity index (χ0) is 15.6. The zero-order valence-corrected chi connectivity index (χ0v) is 12.7. The predicted octanol–water partition coefficient (Wildman–Crippen LogP) is 1.70. The second-order valence-corrected chi connectivity index (χ2v) is 6.51. The topological polar surface area (TPSA) is 88.3 Å². The van der Waals surface area contributed by atoms with Crippen molar-refractivity contribution >= 4 is 31.8 Å². The summed E-state index contributed by atoms with van der Waals surface area (Å²) < 4.78 is 62.4. The Hall–Kier alpha value is -0.910. The molecule has 6 nitrogen and oxygen atoms in total. The van der Waals surface area contributed by atoms with Crippen molar-refractivity contribution in [1.29, 1.82) is 0 Å². The third-order valence-corrected chi connectivity index (χ3v) is 4.65. The molecule has 0 fully saturated rings. The molecule has 0 spiro atoms. The first kappa shape index (κ1) is 17.1. The second-order valence-electron chi connectivity index (χ2n) is 3.69. The van der Waals surface area contributed by atoms with Crippen LogP contribution in [0.5, 0.6) is 0 Å². The maximum absolute atomic E-state index is 12.4. The molecule has 0 saturated heterocycles. The van der Waals surface area contributed by atoms with Gasteiger partial charge in [-0.15, -0.1) is 0 Å². The molecule has 0 aromatic carbocycles. The van der Waals surface area contributed by atoms with Crippen molar-refractivity contribution in [2.45, 2.75) is 18.0 Å². The Labute approximate surface area is 122 Å². The van der Waals surface area contributed by atoms with E-state index in [2.05, 4.69) is 26.3 Å². The molecule has 1 heterocycles. The van der Waals surface area contributed by atoms with Crippen molar-refractivity contribution < 1.29 is 21.6 Å². The number of hydrazine groups is 1. The van der Waals surface area contributed by atoms with Crippen molar-refractivity contribution in [2.75, 3.05) is 18.5 Å². The summed E-state index contributed by atoms with van der Waals surface area (Å²) >= 11 is 3.01. The number of halogens is 4. The van der Waals surface area contributed by atoms with Crippen LogP contribution in [0.25, 0.3) is 0 Å². The standard InChI is InChI=1S/C9H12BrF3N4O2S/c1-2-17(5-9(11,12)13)20(18,19)7-3-6(10)4-15-8(7)16-14/h3-4H,2,5,14H2,1H3,(H,15,16). The first-order chi connectivity index (χ1) is 9.11. The number of alkyl halides is 3. The molecule has 0 aliphatic carbocycles. The molecule has 1 aromatic heterocycles. The molecule has 3 N–H and O–H groups in total. The van der Waals surface area contributed by atoms with E-state index in [1.807, 2.05) is 0 Å². The Morgan fingerprint density at radius 1 is 1.50 bits per heavy atom. The molecule has 20 heavy (non-hydrogen) atoms. The smallest absolute Gasteiger partial charge is 0.307 e. The Bertz CT molecular complexity index is 579. The Morgan fingerprint density at radius 2 is 2.10 bits per heavy atom. The summed E-state index contributed by atoms with van der Waals surface area (Å²) in [4.78, 5) is 3.28. The van der Waals surface area contributed by atoms with Crippen LogP contribution in [-0.4, -0.2) is 37.0 Å². The molecule has 1 rings (SSSR count). The van der Waals surface area contributed by atoms with E-state index in [0.29, 0.717) is 8.78 Å². The largest absolute Gasteiger partial charge is 0.402 e. The lowest BCUT2D eigenvalue weighted by atomic mass is 10.5. The molecule has 11 heteroatoms. The van der Waals surface area contributed by atoms with Crippen LogP contribution >= 0.6 is 15.9 Å². The number of nitrogens with two attached hydrogens (primary N) is 1. The molecule has 0 aliphatic rings. The summed E-state index contributed by atoms with van der Waals surface area (Å²) in [6.45, 7) is -0.606. The first-order valence-corrected chi connectivity index (χ1v) is 7.54. The fourth-order valence-corrected chi connectivity index (χ4v) is 3.48. The lowest BCUT2D eigenvalue weighted by Crippen LogP contribution is -2.39. The van der Waals surface area contributed by atoms with Gasteiger partial charge in [0.05, 0.1) is 0 Å². The molecular formula is C9H12BrF3N4O2S. The third kappa shape index (κ3) is 4.04. The van der Waals surface area contributed by atoms with Gasteiger partial charge in [0.15, 0.2) is 5.82 Å². The number of pyridine rings is 1. The molecule has 0 bridgehead atoms. The van der Waals surface area contributed by atoms with Crippen LogP contribution < -0.4 is 11.3 Å². The van der Waals surface area contributed by atoms with Gasteiger partial charge in [-0.05, 0) is 22.0 Å². The highest BCUT2D eigenvalue weighted by molar-refractivity contribution is 9.10. The highest BCUT2D eigenvalue weighted by Crippen LogP contribution is 2.27. The van der Waals surface area contributed by atoms with Gasteiger partial charge in [0.1, 0.15) is 11.4 Å². The van der Waals surface area contributed by atoms with Gasteiger partial charge >= 0.3 is 6.18 Å². The van der Waals surface area contributed by atoms with Crippen LogP contribution in [0.3, 0.4) is 0 Å². The Morgan fingerprint density at radius 3 is 2.55 bits per heavy atom. The van der Waals surface area contributed by atoms with E-state index in [4.69, 9.17) is 5.84 Å². The van der Waals surface area contributed by atoms with Crippen molar-refractivity contribution in [3.63, 3.8) is 0 Å². The summed E-state index contributed by atoms with van der Waals surface area (Å²) in [5, 5.41) is 0. The number of rotatable bonds is 5. The molecule has 0 atom stereocenters. The highest BCUT2D eigenvalue weighted by Gasteiger charge is 2.37. The lowest BCUT2D eigenvalue weighted by molar-refractivity contribution is -0.135. The van der Waals surface area contributed by atoms with Crippen molar-refractivity contribution in [1.82, 2.24) is 9.29 Å². The van der Waals surface area contributed by atoms with Gasteiger partial charge in [-0.3, -0.25) is 0 Å². The zero-order valence-electron chi connectivity index (χ0n) is 10.3. The number of anilines is 1. The van der Waals surface area contributed by atoms with E-state index >= 15 is 0 Å². The normalized spacial score (nSPS) is 12.8. The number of hydrogen-bond acceptors (Lipinski definition) is 5. The minimum absolute atomic E-state index is 0.228. The van der Waals surface area contributed by atoms with Crippen LogP contribution in [0.1, 0.15) is 6.92 Å². The average molecular weight is 377 g/mol. The van der Waals surface area contributed by atoms with Crippen LogP contribution in [0.4, 0.5) is 19.0 Å². The minimum Gasteiger partial charge on any atom is -0.307 e. The molecule has 0 radical (unpaired) electrons. The maximum Gasteiger partial charge on any atom is 0.402 e. The summed E-state index contributed by atoms with van der Waals surface area (Å²) in [5.74, 6) is 4.91. The maximum atomic E-state index is 12.4. The summed E-state index contributed by atoms with van der Waals surface area (Å²) in [6, 6.07) is 1.14. The van der Waals surface area contributed by atoms with Gasteiger partial charge in [-0.25, -0.2) is 19.2 Å². The molecule has 0 amide bonds. The summed E-state index contributed by atoms with van der Waals surface area (Å²) in [6.07, 6.45) is -3.37. The van der Waals surface area contributed by atoms with E-state index < -0.39 is 27.6 Å². The van der Waals surface area contributed by atoms with Gasteiger partial charge < -0.3 is 5.43 Å². The lowest BCUT2D eigenvalue weighted by Gasteiger charge is -2.22. The first-order valence-electron chi connectivity index (χ1n) is 5.31. The van der Waals surface area contributed by atoms with E-state index in [9.17, 15) is 21.6 Å². The SMILES string of the molecule is CCN(CC(F)(F)F)S(=O)(=O)c1cc(Br)cnc1NN. The van der Waals surface area contributed by atoms with E-state index in [-0.39, 0.29) is 12.4 Å². The highest BCUT2D eigenvalue weighted by atomic mass is 79.9. The molecule has 0 aliphatic heterocycles. The molecule has 0 unspecified atom stereocenters. The van der Waals surface area contributed by atoms with Gasteiger partial charge in [0, 0.05) is 17.2 Å². The summed E-state index contributed by atoms with van der Waals surface area (Å²) in [7, 11) is -4.37.